The molecule has 0 bridgehead atoms. The number of hydrogen-bond donors (Lipinski definition) is 1. The average Bonchev–Trinajstić information content (AvgIpc) is 2.75. The van der Waals surface area contributed by atoms with Crippen molar-refractivity contribution in [1.29, 1.82) is 0 Å². The van der Waals surface area contributed by atoms with Gasteiger partial charge in [0.1, 0.15) is 0 Å². The highest BCUT2D eigenvalue weighted by atomic mass is 127. The molecule has 3 rings (SSSR count). The molecule has 0 atom stereocenters. The first-order valence-corrected chi connectivity index (χ1v) is 11.6. The minimum absolute atomic E-state index is 0.110. The predicted octanol–water partition coefficient (Wildman–Crippen LogP) is 6.98. The summed E-state index contributed by atoms with van der Waals surface area (Å²) < 4.78 is 13.3. The SMILES string of the molecule is CCOc1cc(CNc2ccc(Br)cc2C)cc(I)c1Oc1ccc([N+](=O)[O-])cc1[N+](=O)[O-]. The van der Waals surface area contributed by atoms with E-state index >= 15 is 0 Å². The van der Waals surface area contributed by atoms with Crippen molar-refractivity contribution < 1.29 is 19.3 Å². The molecule has 0 saturated carbocycles. The Morgan fingerprint density at radius 2 is 1.79 bits per heavy atom. The molecule has 3 aromatic rings. The van der Waals surface area contributed by atoms with Gasteiger partial charge in [0.05, 0.1) is 26.1 Å². The van der Waals surface area contributed by atoms with Crippen LogP contribution < -0.4 is 14.8 Å². The Morgan fingerprint density at radius 1 is 1.03 bits per heavy atom. The van der Waals surface area contributed by atoms with Crippen molar-refractivity contribution in [2.24, 2.45) is 0 Å². The monoisotopic (exact) mass is 627 g/mol. The molecule has 0 aliphatic rings. The van der Waals surface area contributed by atoms with Crippen LogP contribution in [-0.4, -0.2) is 16.5 Å². The summed E-state index contributed by atoms with van der Waals surface area (Å²) in [5.74, 6) is 0.611. The summed E-state index contributed by atoms with van der Waals surface area (Å²) in [4.78, 5) is 21.0. The Hall–Kier alpha value is -2.93. The van der Waals surface area contributed by atoms with Crippen molar-refractivity contribution in [2.75, 3.05) is 11.9 Å². The predicted molar refractivity (Wildman–Crippen MR) is 136 cm³/mol. The third kappa shape index (κ3) is 6.11. The number of nitro benzene ring substituents is 2. The number of nitro groups is 2. The molecule has 0 unspecified atom stereocenters. The number of ether oxygens (including phenoxy) is 2. The molecule has 0 radical (unpaired) electrons. The minimum Gasteiger partial charge on any atom is -0.490 e. The fourth-order valence-corrected chi connectivity index (χ4v) is 4.32. The number of halogens is 2. The second-order valence-corrected chi connectivity index (χ2v) is 9.00. The summed E-state index contributed by atoms with van der Waals surface area (Å²) in [5.41, 5.74) is 2.12. The van der Waals surface area contributed by atoms with Gasteiger partial charge >= 0.3 is 5.69 Å². The number of benzene rings is 3. The van der Waals surface area contributed by atoms with E-state index in [4.69, 9.17) is 9.47 Å². The normalized spacial score (nSPS) is 10.5. The standard InChI is InChI=1S/C22H19BrIN3O6/c1-3-32-21-10-14(12-25-18-6-4-15(23)8-13(18)2)9-17(24)22(21)33-20-7-5-16(26(28)29)11-19(20)27(30)31/h4-11,25H,3,12H2,1-2H3. The lowest BCUT2D eigenvalue weighted by Crippen LogP contribution is -2.04. The maximum Gasteiger partial charge on any atom is 0.318 e. The zero-order valence-corrected chi connectivity index (χ0v) is 21.4. The fraction of sp³-hybridized carbons (Fsp3) is 0.182. The smallest absolute Gasteiger partial charge is 0.318 e. The van der Waals surface area contributed by atoms with Crippen LogP contribution >= 0.6 is 38.5 Å². The van der Waals surface area contributed by atoms with Gasteiger partial charge in [0.15, 0.2) is 11.5 Å². The van der Waals surface area contributed by atoms with Gasteiger partial charge in [-0.25, -0.2) is 0 Å². The van der Waals surface area contributed by atoms with Gasteiger partial charge in [-0.15, -0.1) is 0 Å². The average molecular weight is 628 g/mol. The molecule has 0 amide bonds. The fourth-order valence-electron chi connectivity index (χ4n) is 3.07. The van der Waals surface area contributed by atoms with E-state index in [0.29, 0.717) is 28.2 Å². The Bertz CT molecular complexity index is 1220. The van der Waals surface area contributed by atoms with Gasteiger partial charge < -0.3 is 14.8 Å². The van der Waals surface area contributed by atoms with E-state index in [0.717, 1.165) is 33.4 Å². The number of aryl methyl sites for hydroxylation is 1. The van der Waals surface area contributed by atoms with Crippen LogP contribution in [0.15, 0.2) is 53.0 Å². The molecule has 0 aromatic heterocycles. The number of hydrogen-bond acceptors (Lipinski definition) is 7. The first-order valence-electron chi connectivity index (χ1n) is 9.75. The maximum absolute atomic E-state index is 11.5. The number of nitrogens with zero attached hydrogens (tertiary/aromatic N) is 2. The van der Waals surface area contributed by atoms with Gasteiger partial charge in [-0.05, 0) is 84.0 Å². The third-order valence-electron chi connectivity index (χ3n) is 4.60. The summed E-state index contributed by atoms with van der Waals surface area (Å²) in [5, 5.41) is 25.8. The van der Waals surface area contributed by atoms with Crippen molar-refractivity contribution in [3.8, 4) is 17.2 Å². The minimum atomic E-state index is -0.714. The molecule has 1 N–H and O–H groups in total. The maximum atomic E-state index is 11.5. The van der Waals surface area contributed by atoms with E-state index in [1.807, 2.05) is 38.1 Å². The second kappa shape index (κ2) is 10.8. The summed E-state index contributed by atoms with van der Waals surface area (Å²) in [6.45, 7) is 4.71. The van der Waals surface area contributed by atoms with Crippen LogP contribution in [0.4, 0.5) is 17.1 Å². The molecule has 0 spiro atoms. The van der Waals surface area contributed by atoms with Crippen LogP contribution in [0.3, 0.4) is 0 Å². The highest BCUT2D eigenvalue weighted by molar-refractivity contribution is 14.1. The Labute approximate surface area is 211 Å². The van der Waals surface area contributed by atoms with Crippen molar-refractivity contribution in [1.82, 2.24) is 0 Å². The van der Waals surface area contributed by atoms with E-state index in [9.17, 15) is 20.2 Å². The Balaban J connectivity index is 1.91. The molecule has 9 nitrogen and oxygen atoms in total. The topological polar surface area (TPSA) is 117 Å². The van der Waals surface area contributed by atoms with Gasteiger partial charge in [0.25, 0.3) is 5.69 Å². The Kier molecular flexibility index (Phi) is 8.08. The molecule has 0 saturated heterocycles. The summed E-state index contributed by atoms with van der Waals surface area (Å²) in [7, 11) is 0. The van der Waals surface area contributed by atoms with Crippen LogP contribution in [0, 0.1) is 30.7 Å². The number of non-ortho nitro benzene ring substituents is 1. The molecule has 172 valence electrons. The third-order valence-corrected chi connectivity index (χ3v) is 5.90. The number of nitrogens with one attached hydrogen (secondary N) is 1. The first-order chi connectivity index (χ1) is 15.7. The van der Waals surface area contributed by atoms with E-state index in [2.05, 4.69) is 43.8 Å². The summed E-state index contributed by atoms with van der Waals surface area (Å²) >= 11 is 5.53. The molecule has 0 aliphatic heterocycles. The van der Waals surface area contributed by atoms with Gasteiger partial charge in [-0.1, -0.05) is 15.9 Å². The molecule has 0 heterocycles. The van der Waals surface area contributed by atoms with Crippen LogP contribution in [0.1, 0.15) is 18.1 Å². The van der Waals surface area contributed by atoms with Crippen molar-refractivity contribution in [3.63, 3.8) is 0 Å². The lowest BCUT2D eigenvalue weighted by Gasteiger charge is -2.16. The highest BCUT2D eigenvalue weighted by Crippen LogP contribution is 2.41. The summed E-state index contributed by atoms with van der Waals surface area (Å²) in [6, 6.07) is 12.9. The zero-order chi connectivity index (χ0) is 24.1. The molecule has 33 heavy (non-hydrogen) atoms. The van der Waals surface area contributed by atoms with Gasteiger partial charge in [0, 0.05) is 22.8 Å². The van der Waals surface area contributed by atoms with E-state index in [-0.39, 0.29) is 5.75 Å². The van der Waals surface area contributed by atoms with Crippen molar-refractivity contribution >= 4 is 55.6 Å². The number of anilines is 1. The van der Waals surface area contributed by atoms with Gasteiger partial charge in [0.2, 0.25) is 5.75 Å². The van der Waals surface area contributed by atoms with Crippen LogP contribution in [-0.2, 0) is 6.54 Å². The second-order valence-electron chi connectivity index (χ2n) is 6.92. The highest BCUT2D eigenvalue weighted by Gasteiger charge is 2.23. The molecular weight excluding hydrogens is 609 g/mol. The van der Waals surface area contributed by atoms with E-state index < -0.39 is 21.2 Å². The van der Waals surface area contributed by atoms with Crippen molar-refractivity contribution in [2.45, 2.75) is 20.4 Å². The Morgan fingerprint density at radius 3 is 2.42 bits per heavy atom. The van der Waals surface area contributed by atoms with Gasteiger partial charge in [-0.2, -0.15) is 0 Å². The molecule has 3 aromatic carbocycles. The summed E-state index contributed by atoms with van der Waals surface area (Å²) in [6.07, 6.45) is 0. The van der Waals surface area contributed by atoms with Crippen LogP contribution in [0.5, 0.6) is 17.2 Å². The lowest BCUT2D eigenvalue weighted by atomic mass is 10.1. The molecule has 11 heteroatoms. The van der Waals surface area contributed by atoms with E-state index in [1.54, 1.807) is 6.07 Å². The molecular formula is C22H19BrIN3O6. The molecule has 0 fully saturated rings. The van der Waals surface area contributed by atoms with Crippen LogP contribution in [0.2, 0.25) is 0 Å². The quantitative estimate of drug-likeness (QED) is 0.154. The zero-order valence-electron chi connectivity index (χ0n) is 17.6. The lowest BCUT2D eigenvalue weighted by molar-refractivity contribution is -0.394. The number of rotatable bonds is 9. The van der Waals surface area contributed by atoms with Gasteiger partial charge in [-0.3, -0.25) is 20.2 Å². The molecule has 0 aliphatic carbocycles. The first kappa shape index (κ1) is 24.7. The van der Waals surface area contributed by atoms with Crippen molar-refractivity contribution in [3.05, 3.63) is 87.9 Å². The van der Waals surface area contributed by atoms with Crippen LogP contribution in [0.25, 0.3) is 0 Å². The largest absolute Gasteiger partial charge is 0.490 e. The van der Waals surface area contributed by atoms with E-state index in [1.165, 1.54) is 6.07 Å².